The van der Waals surface area contributed by atoms with Crippen LogP contribution in [0.3, 0.4) is 0 Å². The minimum Gasteiger partial charge on any atom is -0.369 e. The molecule has 0 aliphatic carbocycles. The van der Waals surface area contributed by atoms with Crippen LogP contribution in [0.25, 0.3) is 0 Å². The quantitative estimate of drug-likeness (QED) is 0.801. The molecule has 2 nitrogen and oxygen atoms in total. The standard InChI is InChI=1S/C13H20N2/c1-10(2)15-8-4-6-12-11(9-14)5-3-7-13(12)15/h3,5,7,10H,4,6,8-9,14H2,1-2H3. The van der Waals surface area contributed by atoms with E-state index in [0.29, 0.717) is 12.6 Å². The number of hydrogen-bond donors (Lipinski definition) is 1. The van der Waals surface area contributed by atoms with Crippen LogP contribution in [0.5, 0.6) is 0 Å². The summed E-state index contributed by atoms with van der Waals surface area (Å²) in [5, 5.41) is 0. The monoisotopic (exact) mass is 204 g/mol. The van der Waals surface area contributed by atoms with Crippen LogP contribution in [0, 0.1) is 0 Å². The van der Waals surface area contributed by atoms with E-state index in [1.807, 2.05) is 0 Å². The molecule has 0 atom stereocenters. The van der Waals surface area contributed by atoms with Crippen LogP contribution >= 0.6 is 0 Å². The molecule has 0 aromatic heterocycles. The molecule has 0 saturated heterocycles. The highest BCUT2D eigenvalue weighted by Gasteiger charge is 2.20. The summed E-state index contributed by atoms with van der Waals surface area (Å²) in [6.07, 6.45) is 2.44. The average molecular weight is 204 g/mol. The van der Waals surface area contributed by atoms with Crippen molar-refractivity contribution in [2.45, 2.75) is 39.3 Å². The van der Waals surface area contributed by atoms with Crippen molar-refractivity contribution in [3.63, 3.8) is 0 Å². The van der Waals surface area contributed by atoms with Crippen LogP contribution in [0.4, 0.5) is 5.69 Å². The zero-order valence-corrected chi connectivity index (χ0v) is 9.66. The molecule has 2 N–H and O–H groups in total. The average Bonchev–Trinajstić information content (AvgIpc) is 2.27. The molecule has 0 spiro atoms. The summed E-state index contributed by atoms with van der Waals surface area (Å²) in [5.74, 6) is 0. The summed E-state index contributed by atoms with van der Waals surface area (Å²) in [5.41, 5.74) is 9.97. The van der Waals surface area contributed by atoms with E-state index in [2.05, 4.69) is 36.9 Å². The number of benzene rings is 1. The second kappa shape index (κ2) is 4.23. The highest BCUT2D eigenvalue weighted by Crippen LogP contribution is 2.30. The summed E-state index contributed by atoms with van der Waals surface area (Å²) >= 11 is 0. The second-order valence-electron chi connectivity index (χ2n) is 4.51. The number of hydrogen-bond acceptors (Lipinski definition) is 2. The van der Waals surface area contributed by atoms with Crippen molar-refractivity contribution in [1.29, 1.82) is 0 Å². The first-order valence-electron chi connectivity index (χ1n) is 5.81. The molecule has 1 aromatic rings. The molecule has 0 bridgehead atoms. The number of fused-ring (bicyclic) bond motifs is 1. The smallest absolute Gasteiger partial charge is 0.0404 e. The number of nitrogens with zero attached hydrogens (tertiary/aromatic N) is 1. The van der Waals surface area contributed by atoms with Crippen molar-refractivity contribution >= 4 is 5.69 Å². The molecule has 0 amide bonds. The Balaban J connectivity index is 2.44. The summed E-state index contributed by atoms with van der Waals surface area (Å²) in [4.78, 5) is 2.48. The highest BCUT2D eigenvalue weighted by molar-refractivity contribution is 5.59. The third kappa shape index (κ3) is 1.86. The van der Waals surface area contributed by atoms with Gasteiger partial charge in [-0.05, 0) is 43.9 Å². The van der Waals surface area contributed by atoms with Crippen molar-refractivity contribution < 1.29 is 0 Å². The Morgan fingerprint density at radius 1 is 1.40 bits per heavy atom. The first kappa shape index (κ1) is 10.5. The molecule has 15 heavy (non-hydrogen) atoms. The van der Waals surface area contributed by atoms with Gasteiger partial charge in [0, 0.05) is 24.8 Å². The molecule has 0 radical (unpaired) electrons. The molecule has 1 aromatic carbocycles. The fraction of sp³-hybridized carbons (Fsp3) is 0.538. The fourth-order valence-corrected chi connectivity index (χ4v) is 2.45. The van der Waals surface area contributed by atoms with Gasteiger partial charge in [-0.3, -0.25) is 0 Å². The van der Waals surface area contributed by atoms with Gasteiger partial charge in [0.2, 0.25) is 0 Å². The van der Waals surface area contributed by atoms with Crippen LogP contribution in [-0.4, -0.2) is 12.6 Å². The number of nitrogens with two attached hydrogens (primary N) is 1. The van der Waals surface area contributed by atoms with Gasteiger partial charge in [-0.25, -0.2) is 0 Å². The molecule has 1 aliphatic rings. The van der Waals surface area contributed by atoms with Crippen LogP contribution in [0.2, 0.25) is 0 Å². The zero-order valence-electron chi connectivity index (χ0n) is 9.66. The Hall–Kier alpha value is -1.02. The Bertz CT molecular complexity index is 344. The molecular weight excluding hydrogens is 184 g/mol. The van der Waals surface area contributed by atoms with Gasteiger partial charge >= 0.3 is 0 Å². The van der Waals surface area contributed by atoms with E-state index in [9.17, 15) is 0 Å². The van der Waals surface area contributed by atoms with Crippen molar-refractivity contribution in [2.75, 3.05) is 11.4 Å². The minimum absolute atomic E-state index is 0.581. The molecule has 1 aliphatic heterocycles. The lowest BCUT2D eigenvalue weighted by Gasteiger charge is -2.35. The number of rotatable bonds is 2. The maximum Gasteiger partial charge on any atom is 0.0404 e. The molecular formula is C13H20N2. The largest absolute Gasteiger partial charge is 0.369 e. The summed E-state index contributed by atoms with van der Waals surface area (Å²) in [6, 6.07) is 7.09. The topological polar surface area (TPSA) is 29.3 Å². The lowest BCUT2D eigenvalue weighted by molar-refractivity contribution is 0.622. The first-order chi connectivity index (χ1) is 7.24. The van der Waals surface area contributed by atoms with Gasteiger partial charge < -0.3 is 10.6 Å². The Kier molecular flexibility index (Phi) is 2.96. The van der Waals surface area contributed by atoms with Gasteiger partial charge in [0.25, 0.3) is 0 Å². The lowest BCUT2D eigenvalue weighted by atomic mass is 9.95. The first-order valence-corrected chi connectivity index (χ1v) is 5.81. The maximum absolute atomic E-state index is 5.78. The van der Waals surface area contributed by atoms with Crippen LogP contribution in [0.1, 0.15) is 31.4 Å². The molecule has 82 valence electrons. The fourth-order valence-electron chi connectivity index (χ4n) is 2.45. The lowest BCUT2D eigenvalue weighted by Crippen LogP contribution is -2.35. The van der Waals surface area contributed by atoms with Gasteiger partial charge in [0.15, 0.2) is 0 Å². The van der Waals surface area contributed by atoms with Crippen molar-refractivity contribution in [3.05, 3.63) is 29.3 Å². The Morgan fingerprint density at radius 2 is 2.20 bits per heavy atom. The highest BCUT2D eigenvalue weighted by atomic mass is 15.2. The summed E-state index contributed by atoms with van der Waals surface area (Å²) < 4.78 is 0. The van der Waals surface area contributed by atoms with Gasteiger partial charge in [-0.2, -0.15) is 0 Å². The van der Waals surface area contributed by atoms with E-state index in [4.69, 9.17) is 5.73 Å². The minimum atomic E-state index is 0.581. The van der Waals surface area contributed by atoms with Crippen LogP contribution in [0.15, 0.2) is 18.2 Å². The molecule has 0 fully saturated rings. The number of anilines is 1. The summed E-state index contributed by atoms with van der Waals surface area (Å²) in [6.45, 7) is 6.35. The van der Waals surface area contributed by atoms with Gasteiger partial charge in [-0.1, -0.05) is 12.1 Å². The van der Waals surface area contributed by atoms with E-state index in [0.717, 1.165) is 0 Å². The zero-order chi connectivity index (χ0) is 10.8. The second-order valence-corrected chi connectivity index (χ2v) is 4.51. The predicted octanol–water partition coefficient (Wildman–Crippen LogP) is 2.31. The molecule has 1 heterocycles. The van der Waals surface area contributed by atoms with Gasteiger partial charge in [0.1, 0.15) is 0 Å². The molecule has 0 unspecified atom stereocenters. The Labute approximate surface area is 92.1 Å². The van der Waals surface area contributed by atoms with E-state index < -0.39 is 0 Å². The van der Waals surface area contributed by atoms with Crippen LogP contribution in [-0.2, 0) is 13.0 Å². The van der Waals surface area contributed by atoms with Gasteiger partial charge in [-0.15, -0.1) is 0 Å². The van der Waals surface area contributed by atoms with E-state index in [1.165, 1.54) is 36.2 Å². The SMILES string of the molecule is CC(C)N1CCCc2c(CN)cccc21. The molecule has 2 heteroatoms. The van der Waals surface area contributed by atoms with E-state index in [1.54, 1.807) is 0 Å². The molecule has 2 rings (SSSR count). The predicted molar refractivity (Wildman–Crippen MR) is 65.1 cm³/mol. The van der Waals surface area contributed by atoms with Crippen molar-refractivity contribution in [1.82, 2.24) is 0 Å². The van der Waals surface area contributed by atoms with Crippen LogP contribution < -0.4 is 10.6 Å². The molecule has 0 saturated carbocycles. The summed E-state index contributed by atoms with van der Waals surface area (Å²) in [7, 11) is 0. The Morgan fingerprint density at radius 3 is 2.87 bits per heavy atom. The third-order valence-corrected chi connectivity index (χ3v) is 3.23. The normalized spacial score (nSPS) is 15.6. The third-order valence-electron chi connectivity index (χ3n) is 3.23. The maximum atomic E-state index is 5.78. The van der Waals surface area contributed by atoms with Crippen molar-refractivity contribution in [2.24, 2.45) is 5.73 Å². The van der Waals surface area contributed by atoms with E-state index >= 15 is 0 Å². The van der Waals surface area contributed by atoms with E-state index in [-0.39, 0.29) is 0 Å². The van der Waals surface area contributed by atoms with Crippen molar-refractivity contribution in [3.8, 4) is 0 Å². The van der Waals surface area contributed by atoms with Gasteiger partial charge in [0.05, 0.1) is 0 Å².